The van der Waals surface area contributed by atoms with Crippen LogP contribution in [0.3, 0.4) is 0 Å². The van der Waals surface area contributed by atoms with Crippen LogP contribution in [0.1, 0.15) is 61.6 Å². The summed E-state index contributed by atoms with van der Waals surface area (Å²) in [5.41, 5.74) is 5.38. The van der Waals surface area contributed by atoms with E-state index in [9.17, 15) is 9.59 Å². The summed E-state index contributed by atoms with van der Waals surface area (Å²) in [6.07, 6.45) is 11.7. The van der Waals surface area contributed by atoms with Gasteiger partial charge in [-0.15, -0.1) is 0 Å². The number of amides is 2. The van der Waals surface area contributed by atoms with Gasteiger partial charge < -0.3 is 14.7 Å². The average Bonchev–Trinajstić information content (AvgIpc) is 3.67. The number of rotatable bonds is 11. The first-order chi connectivity index (χ1) is 23.1. The Morgan fingerprint density at radius 1 is 0.809 bits per heavy atom. The van der Waals surface area contributed by atoms with Gasteiger partial charge in [0.05, 0.1) is 5.92 Å². The smallest absolute Gasteiger partial charge is 0.232 e. The summed E-state index contributed by atoms with van der Waals surface area (Å²) in [6.45, 7) is 8.40. The standard InChI is InChI=1S/C41H50N4O2/c46-39-30-36(32-44(39)27-19-33-17-25-43(26-18-33)31-34-10-3-1-4-11-34)40(47)45(37-13-5-2-6-14-37)24-9-23-42-28-21-41(22-29-42)20-16-35-12-7-8-15-38(35)41/h1-8,10-16,20,33,36H,9,17-19,21-32H2. The number of para-hydroxylation sites is 1. The van der Waals surface area contributed by atoms with Crippen LogP contribution < -0.4 is 4.90 Å². The molecule has 3 heterocycles. The fraction of sp³-hybridized carbons (Fsp3) is 0.463. The number of hydrogen-bond donors (Lipinski definition) is 0. The Labute approximate surface area is 281 Å². The number of benzene rings is 3. The monoisotopic (exact) mass is 630 g/mol. The van der Waals surface area contributed by atoms with Crippen LogP contribution in [0.4, 0.5) is 5.69 Å². The minimum absolute atomic E-state index is 0.103. The summed E-state index contributed by atoms with van der Waals surface area (Å²) in [7, 11) is 0. The van der Waals surface area contributed by atoms with Gasteiger partial charge in [0, 0.05) is 43.7 Å². The molecule has 1 unspecified atom stereocenters. The number of allylic oxidation sites excluding steroid dienone is 1. The van der Waals surface area contributed by atoms with E-state index in [2.05, 4.69) is 76.5 Å². The summed E-state index contributed by atoms with van der Waals surface area (Å²) in [6, 6.07) is 29.6. The van der Waals surface area contributed by atoms with Crippen LogP contribution in [0.25, 0.3) is 6.08 Å². The lowest BCUT2D eigenvalue weighted by Gasteiger charge is -2.39. The first-order valence-electron chi connectivity index (χ1n) is 18.0. The van der Waals surface area contributed by atoms with Crippen molar-refractivity contribution in [2.75, 3.05) is 57.3 Å². The molecule has 3 aromatic rings. The number of piperidine rings is 2. The lowest BCUT2D eigenvalue weighted by atomic mass is 9.74. The van der Waals surface area contributed by atoms with Crippen molar-refractivity contribution in [3.05, 3.63) is 108 Å². The lowest BCUT2D eigenvalue weighted by Crippen LogP contribution is -2.43. The van der Waals surface area contributed by atoms with Gasteiger partial charge in [-0.05, 0) is 106 Å². The molecule has 3 fully saturated rings. The van der Waals surface area contributed by atoms with Crippen LogP contribution in [0.15, 0.2) is 91.0 Å². The Balaban J connectivity index is 0.883. The molecule has 6 heteroatoms. The van der Waals surface area contributed by atoms with Crippen LogP contribution in [-0.4, -0.2) is 78.9 Å². The third kappa shape index (κ3) is 7.39. The van der Waals surface area contributed by atoms with E-state index < -0.39 is 0 Å². The molecule has 3 aromatic carbocycles. The van der Waals surface area contributed by atoms with E-state index >= 15 is 0 Å². The van der Waals surface area contributed by atoms with E-state index in [1.165, 1.54) is 29.5 Å². The highest BCUT2D eigenvalue weighted by atomic mass is 16.2. The molecule has 2 amide bonds. The number of anilines is 1. The van der Waals surface area contributed by atoms with E-state index in [0.717, 1.165) is 77.2 Å². The molecular formula is C41H50N4O2. The van der Waals surface area contributed by atoms with Crippen molar-refractivity contribution in [3.8, 4) is 0 Å². The maximum atomic E-state index is 14.0. The van der Waals surface area contributed by atoms with Gasteiger partial charge in [0.25, 0.3) is 0 Å². The molecule has 246 valence electrons. The molecular weight excluding hydrogens is 580 g/mol. The predicted octanol–water partition coefficient (Wildman–Crippen LogP) is 6.62. The quantitative estimate of drug-likeness (QED) is 0.239. The molecule has 1 aliphatic carbocycles. The minimum Gasteiger partial charge on any atom is -0.342 e. The van der Waals surface area contributed by atoms with Gasteiger partial charge >= 0.3 is 0 Å². The summed E-state index contributed by atoms with van der Waals surface area (Å²) < 4.78 is 0. The van der Waals surface area contributed by atoms with E-state index in [1.807, 2.05) is 40.1 Å². The van der Waals surface area contributed by atoms with Gasteiger partial charge in [-0.1, -0.05) is 84.9 Å². The topological polar surface area (TPSA) is 47.1 Å². The summed E-state index contributed by atoms with van der Waals surface area (Å²) in [5.74, 6) is 0.628. The Hall–Kier alpha value is -3.74. The molecule has 47 heavy (non-hydrogen) atoms. The van der Waals surface area contributed by atoms with Crippen molar-refractivity contribution < 1.29 is 9.59 Å². The maximum absolute atomic E-state index is 14.0. The number of likely N-dealkylation sites (tertiary alicyclic amines) is 3. The summed E-state index contributed by atoms with van der Waals surface area (Å²) >= 11 is 0. The molecule has 3 aliphatic heterocycles. The first-order valence-corrected chi connectivity index (χ1v) is 18.0. The Morgan fingerprint density at radius 2 is 1.51 bits per heavy atom. The normalized spacial score (nSPS) is 21.4. The zero-order valence-electron chi connectivity index (χ0n) is 27.8. The van der Waals surface area contributed by atoms with Crippen molar-refractivity contribution in [2.24, 2.45) is 11.8 Å². The molecule has 3 saturated heterocycles. The number of hydrogen-bond acceptors (Lipinski definition) is 4. The number of carbonyl (C=O) groups excluding carboxylic acids is 2. The molecule has 0 radical (unpaired) electrons. The Bertz CT molecular complexity index is 1520. The van der Waals surface area contributed by atoms with Gasteiger partial charge in [-0.3, -0.25) is 14.5 Å². The summed E-state index contributed by atoms with van der Waals surface area (Å²) in [4.78, 5) is 36.2. The van der Waals surface area contributed by atoms with Crippen LogP contribution in [0, 0.1) is 11.8 Å². The first kappa shape index (κ1) is 31.8. The number of carbonyl (C=O) groups is 2. The Morgan fingerprint density at radius 3 is 2.28 bits per heavy atom. The zero-order valence-corrected chi connectivity index (χ0v) is 27.8. The minimum atomic E-state index is -0.264. The molecule has 0 N–H and O–H groups in total. The van der Waals surface area contributed by atoms with Crippen LogP contribution in [-0.2, 0) is 21.5 Å². The second-order valence-electron chi connectivity index (χ2n) is 14.3. The summed E-state index contributed by atoms with van der Waals surface area (Å²) in [5, 5.41) is 0. The van der Waals surface area contributed by atoms with Crippen LogP contribution in [0.2, 0.25) is 0 Å². The third-order valence-corrected chi connectivity index (χ3v) is 11.3. The fourth-order valence-electron chi connectivity index (χ4n) is 8.46. The van der Waals surface area contributed by atoms with Crippen molar-refractivity contribution in [2.45, 2.75) is 56.9 Å². The third-order valence-electron chi connectivity index (χ3n) is 11.3. The van der Waals surface area contributed by atoms with Crippen molar-refractivity contribution >= 4 is 23.6 Å². The van der Waals surface area contributed by atoms with E-state index in [1.54, 1.807) is 0 Å². The molecule has 0 saturated carbocycles. The largest absolute Gasteiger partial charge is 0.342 e. The van der Waals surface area contributed by atoms with Gasteiger partial charge in [0.2, 0.25) is 11.8 Å². The highest BCUT2D eigenvalue weighted by molar-refractivity contribution is 5.99. The zero-order chi connectivity index (χ0) is 32.1. The average molecular weight is 631 g/mol. The molecule has 0 aromatic heterocycles. The van der Waals surface area contributed by atoms with E-state index in [0.29, 0.717) is 25.4 Å². The maximum Gasteiger partial charge on any atom is 0.232 e. The number of nitrogens with zero attached hydrogens (tertiary/aromatic N) is 4. The molecule has 1 spiro atoms. The van der Waals surface area contributed by atoms with Crippen molar-refractivity contribution in [3.63, 3.8) is 0 Å². The van der Waals surface area contributed by atoms with Gasteiger partial charge in [0.1, 0.15) is 0 Å². The van der Waals surface area contributed by atoms with Gasteiger partial charge in [-0.2, -0.15) is 0 Å². The lowest BCUT2D eigenvalue weighted by molar-refractivity contribution is -0.128. The van der Waals surface area contributed by atoms with Crippen molar-refractivity contribution in [1.82, 2.24) is 14.7 Å². The fourth-order valence-corrected chi connectivity index (χ4v) is 8.46. The number of fused-ring (bicyclic) bond motifs is 2. The second-order valence-corrected chi connectivity index (χ2v) is 14.3. The second kappa shape index (κ2) is 14.6. The van der Waals surface area contributed by atoms with Gasteiger partial charge in [0.15, 0.2) is 0 Å². The van der Waals surface area contributed by atoms with Crippen LogP contribution in [0.5, 0.6) is 0 Å². The van der Waals surface area contributed by atoms with Gasteiger partial charge in [-0.25, -0.2) is 0 Å². The molecule has 7 rings (SSSR count). The molecule has 0 bridgehead atoms. The van der Waals surface area contributed by atoms with E-state index in [4.69, 9.17) is 0 Å². The Kier molecular flexibility index (Phi) is 9.87. The molecule has 6 nitrogen and oxygen atoms in total. The predicted molar refractivity (Wildman–Crippen MR) is 190 cm³/mol. The van der Waals surface area contributed by atoms with E-state index in [-0.39, 0.29) is 23.1 Å². The highest BCUT2D eigenvalue weighted by Crippen LogP contribution is 2.43. The molecule has 1 atom stereocenters. The highest BCUT2D eigenvalue weighted by Gasteiger charge is 2.39. The SMILES string of the molecule is O=C1CC(C(=O)N(CCCN2CCC3(C=Cc4ccccc43)CC2)c2ccccc2)CN1CCC1CCN(Cc2ccccc2)CC1. The van der Waals surface area contributed by atoms with Crippen LogP contribution >= 0.6 is 0 Å². The molecule has 4 aliphatic rings. The van der Waals surface area contributed by atoms with Crippen molar-refractivity contribution in [1.29, 1.82) is 0 Å².